The topological polar surface area (TPSA) is 44.8 Å². The molecule has 2 aromatic carbocycles. The quantitative estimate of drug-likeness (QED) is 0.388. The maximum Gasteiger partial charge on any atom is 0.335 e. The standard InChI is InChI=1S/C20H20O4/c1-4-18(21)24-17-12-15-14-10-8-7-9-13(14)11-16(15)19(22-5-2)20(17)23-6-3/h4,7-10,12H,1,5-6,11H2,2-3H3. The maximum atomic E-state index is 11.7. The fraction of sp³-hybridized carbons (Fsp3) is 0.250. The number of hydrogen-bond donors (Lipinski definition) is 0. The monoisotopic (exact) mass is 324 g/mol. The predicted octanol–water partition coefficient (Wildman–Crippen LogP) is 4.15. The summed E-state index contributed by atoms with van der Waals surface area (Å²) in [6.07, 6.45) is 1.91. The van der Waals surface area contributed by atoms with Gasteiger partial charge in [0, 0.05) is 18.1 Å². The van der Waals surface area contributed by atoms with Crippen LogP contribution in [0.2, 0.25) is 0 Å². The fourth-order valence-electron chi connectivity index (χ4n) is 3.00. The van der Waals surface area contributed by atoms with E-state index in [1.807, 2.05) is 32.0 Å². The Morgan fingerprint density at radius 2 is 1.83 bits per heavy atom. The van der Waals surface area contributed by atoms with Gasteiger partial charge in [0.15, 0.2) is 11.5 Å². The number of esters is 1. The lowest BCUT2D eigenvalue weighted by Gasteiger charge is -2.18. The van der Waals surface area contributed by atoms with Crippen LogP contribution >= 0.6 is 0 Å². The Kier molecular flexibility index (Phi) is 4.56. The van der Waals surface area contributed by atoms with Crippen LogP contribution in [0.3, 0.4) is 0 Å². The molecule has 3 rings (SSSR count). The normalized spacial score (nSPS) is 11.4. The number of benzene rings is 2. The van der Waals surface area contributed by atoms with Crippen molar-refractivity contribution in [2.75, 3.05) is 13.2 Å². The van der Waals surface area contributed by atoms with E-state index in [1.165, 1.54) is 5.56 Å². The molecule has 1 aliphatic rings. The summed E-state index contributed by atoms with van der Waals surface area (Å²) in [5, 5.41) is 0. The molecule has 124 valence electrons. The minimum atomic E-state index is -0.523. The molecule has 0 N–H and O–H groups in total. The summed E-state index contributed by atoms with van der Waals surface area (Å²) in [6, 6.07) is 10.0. The van der Waals surface area contributed by atoms with Crippen molar-refractivity contribution in [1.29, 1.82) is 0 Å². The van der Waals surface area contributed by atoms with Crippen molar-refractivity contribution in [3.63, 3.8) is 0 Å². The molecule has 0 radical (unpaired) electrons. The van der Waals surface area contributed by atoms with E-state index in [2.05, 4.69) is 18.7 Å². The van der Waals surface area contributed by atoms with E-state index in [0.29, 0.717) is 30.5 Å². The first-order valence-corrected chi connectivity index (χ1v) is 8.07. The number of hydrogen-bond acceptors (Lipinski definition) is 4. The van der Waals surface area contributed by atoms with Crippen LogP contribution in [0, 0.1) is 0 Å². The molecule has 0 aliphatic heterocycles. The van der Waals surface area contributed by atoms with E-state index < -0.39 is 5.97 Å². The van der Waals surface area contributed by atoms with Gasteiger partial charge in [-0.2, -0.15) is 0 Å². The highest BCUT2D eigenvalue weighted by Gasteiger charge is 2.28. The van der Waals surface area contributed by atoms with Crippen LogP contribution in [0.1, 0.15) is 25.0 Å². The van der Waals surface area contributed by atoms with E-state index in [4.69, 9.17) is 14.2 Å². The molecular formula is C20H20O4. The second-order valence-electron chi connectivity index (χ2n) is 5.38. The third-order valence-corrected chi connectivity index (χ3v) is 3.93. The minimum Gasteiger partial charge on any atom is -0.490 e. The van der Waals surface area contributed by atoms with Crippen LogP contribution < -0.4 is 14.2 Å². The summed E-state index contributed by atoms with van der Waals surface area (Å²) in [5.41, 5.74) is 4.44. The van der Waals surface area contributed by atoms with Crippen molar-refractivity contribution in [3.8, 4) is 28.4 Å². The molecule has 0 fully saturated rings. The van der Waals surface area contributed by atoms with Crippen molar-refractivity contribution in [2.24, 2.45) is 0 Å². The van der Waals surface area contributed by atoms with Gasteiger partial charge in [-0.05, 0) is 36.6 Å². The SMILES string of the molecule is C=CC(=O)Oc1cc2c(c(OCC)c1OCC)Cc1ccccc1-2. The average Bonchev–Trinajstić information content (AvgIpc) is 2.96. The highest BCUT2D eigenvalue weighted by molar-refractivity contribution is 5.87. The Balaban J connectivity index is 2.21. The molecule has 24 heavy (non-hydrogen) atoms. The van der Waals surface area contributed by atoms with Gasteiger partial charge in [0.25, 0.3) is 0 Å². The Labute approximate surface area is 141 Å². The summed E-state index contributed by atoms with van der Waals surface area (Å²) in [6.45, 7) is 8.21. The van der Waals surface area contributed by atoms with Gasteiger partial charge in [0.05, 0.1) is 13.2 Å². The zero-order valence-corrected chi connectivity index (χ0v) is 13.9. The molecule has 0 bridgehead atoms. The Morgan fingerprint density at radius 3 is 2.54 bits per heavy atom. The van der Waals surface area contributed by atoms with Crippen molar-refractivity contribution in [3.05, 3.63) is 54.1 Å². The molecule has 1 aliphatic carbocycles. The third-order valence-electron chi connectivity index (χ3n) is 3.93. The van der Waals surface area contributed by atoms with Crippen LogP contribution in [0.15, 0.2) is 43.0 Å². The fourth-order valence-corrected chi connectivity index (χ4v) is 3.00. The summed E-state index contributed by atoms with van der Waals surface area (Å²) in [7, 11) is 0. The van der Waals surface area contributed by atoms with Crippen molar-refractivity contribution in [1.82, 2.24) is 0 Å². The van der Waals surface area contributed by atoms with Gasteiger partial charge in [-0.1, -0.05) is 30.8 Å². The lowest BCUT2D eigenvalue weighted by atomic mass is 10.0. The van der Waals surface area contributed by atoms with Gasteiger partial charge in [0.1, 0.15) is 0 Å². The molecule has 2 aromatic rings. The first kappa shape index (κ1) is 16.1. The number of carbonyl (C=O) groups is 1. The Morgan fingerprint density at radius 1 is 1.12 bits per heavy atom. The van der Waals surface area contributed by atoms with Gasteiger partial charge in [-0.3, -0.25) is 0 Å². The second-order valence-corrected chi connectivity index (χ2v) is 5.38. The molecule has 0 heterocycles. The highest BCUT2D eigenvalue weighted by Crippen LogP contribution is 2.50. The van der Waals surface area contributed by atoms with Gasteiger partial charge >= 0.3 is 5.97 Å². The molecule has 0 aromatic heterocycles. The van der Waals surface area contributed by atoms with Crippen LogP contribution in [-0.4, -0.2) is 19.2 Å². The Hall–Kier alpha value is -2.75. The Bertz CT molecular complexity index is 792. The van der Waals surface area contributed by atoms with Crippen LogP contribution in [0.5, 0.6) is 17.2 Å². The second kappa shape index (κ2) is 6.79. The summed E-state index contributed by atoms with van der Waals surface area (Å²) in [4.78, 5) is 11.7. The minimum absolute atomic E-state index is 0.362. The predicted molar refractivity (Wildman–Crippen MR) is 92.9 cm³/mol. The average molecular weight is 324 g/mol. The molecule has 0 atom stereocenters. The van der Waals surface area contributed by atoms with Crippen LogP contribution in [0.25, 0.3) is 11.1 Å². The van der Waals surface area contributed by atoms with Crippen molar-refractivity contribution in [2.45, 2.75) is 20.3 Å². The largest absolute Gasteiger partial charge is 0.490 e. The highest BCUT2D eigenvalue weighted by atomic mass is 16.6. The zero-order valence-electron chi connectivity index (χ0n) is 13.9. The van der Waals surface area contributed by atoms with Crippen LogP contribution in [0.4, 0.5) is 0 Å². The molecule has 0 unspecified atom stereocenters. The van der Waals surface area contributed by atoms with E-state index in [0.717, 1.165) is 29.2 Å². The summed E-state index contributed by atoms with van der Waals surface area (Å²) >= 11 is 0. The number of fused-ring (bicyclic) bond motifs is 3. The van der Waals surface area contributed by atoms with Gasteiger partial charge in [-0.25, -0.2) is 4.79 Å². The molecule has 4 heteroatoms. The molecule has 0 amide bonds. The van der Waals surface area contributed by atoms with Gasteiger partial charge < -0.3 is 14.2 Å². The molecule has 4 nitrogen and oxygen atoms in total. The number of ether oxygens (including phenoxy) is 3. The number of rotatable bonds is 6. The van der Waals surface area contributed by atoms with Crippen LogP contribution in [-0.2, 0) is 11.2 Å². The lowest BCUT2D eigenvalue weighted by Crippen LogP contribution is -2.08. The molecule has 0 spiro atoms. The molecule has 0 saturated heterocycles. The first-order valence-electron chi connectivity index (χ1n) is 8.07. The van der Waals surface area contributed by atoms with Gasteiger partial charge in [-0.15, -0.1) is 0 Å². The molecular weight excluding hydrogens is 304 g/mol. The van der Waals surface area contributed by atoms with Crippen molar-refractivity contribution >= 4 is 5.97 Å². The van der Waals surface area contributed by atoms with Gasteiger partial charge in [0.2, 0.25) is 5.75 Å². The zero-order chi connectivity index (χ0) is 17.1. The summed E-state index contributed by atoms with van der Waals surface area (Å²) in [5.74, 6) is 0.964. The van der Waals surface area contributed by atoms with E-state index in [-0.39, 0.29) is 0 Å². The first-order chi connectivity index (χ1) is 11.7. The van der Waals surface area contributed by atoms with E-state index in [9.17, 15) is 4.79 Å². The van der Waals surface area contributed by atoms with E-state index >= 15 is 0 Å². The van der Waals surface area contributed by atoms with E-state index in [1.54, 1.807) is 0 Å². The van der Waals surface area contributed by atoms with Crippen molar-refractivity contribution < 1.29 is 19.0 Å². The third kappa shape index (κ3) is 2.75. The lowest BCUT2D eigenvalue weighted by molar-refractivity contribution is -0.129. The maximum absolute atomic E-state index is 11.7. The number of carbonyl (C=O) groups excluding carboxylic acids is 1. The summed E-state index contributed by atoms with van der Waals surface area (Å²) < 4.78 is 17.0. The molecule has 0 saturated carbocycles. The smallest absolute Gasteiger partial charge is 0.335 e.